The van der Waals surface area contributed by atoms with Crippen LogP contribution in [-0.4, -0.2) is 72.5 Å². The van der Waals surface area contributed by atoms with E-state index in [0.29, 0.717) is 25.6 Å². The molecule has 7 nitrogen and oxygen atoms in total. The van der Waals surface area contributed by atoms with E-state index in [9.17, 15) is 4.79 Å². The first-order valence-electron chi connectivity index (χ1n) is 6.27. The van der Waals surface area contributed by atoms with Gasteiger partial charge in [-0.25, -0.2) is 4.79 Å². The van der Waals surface area contributed by atoms with Gasteiger partial charge in [-0.15, -0.1) is 0 Å². The summed E-state index contributed by atoms with van der Waals surface area (Å²) in [5, 5.41) is 8.94. The highest BCUT2D eigenvalue weighted by Crippen LogP contribution is 2.15. The molecule has 1 amide bonds. The van der Waals surface area contributed by atoms with Crippen LogP contribution in [0.4, 0.5) is 4.79 Å². The molecule has 1 N–H and O–H groups in total. The lowest BCUT2D eigenvalue weighted by atomic mass is 10.4. The highest BCUT2D eigenvalue weighted by atomic mass is 28.4. The highest BCUT2D eigenvalue weighted by molar-refractivity contribution is 6.60. The fourth-order valence-corrected chi connectivity index (χ4v) is 3.38. The van der Waals surface area contributed by atoms with Crippen LogP contribution in [0.3, 0.4) is 0 Å². The van der Waals surface area contributed by atoms with Crippen LogP contribution in [0, 0.1) is 0 Å². The fourth-order valence-electron chi connectivity index (χ4n) is 1.67. The zero-order chi connectivity index (χ0) is 14.7. The summed E-state index contributed by atoms with van der Waals surface area (Å²) in [6.45, 7) is 2.67. The molecule has 0 aromatic rings. The normalized spacial score (nSPS) is 11.4. The zero-order valence-electron chi connectivity index (χ0n) is 12.2. The number of aliphatic hydroxyl groups excluding tert-OH is 1. The molecule has 0 aliphatic rings. The Hall–Kier alpha value is -0.673. The van der Waals surface area contributed by atoms with Crippen LogP contribution in [-0.2, 0) is 18.0 Å². The maximum Gasteiger partial charge on any atom is 0.500 e. The molecule has 0 atom stereocenters. The number of rotatable bonds is 10. The maximum atomic E-state index is 11.6. The number of carbonyl (C=O) groups is 1. The molecule has 8 heteroatoms. The van der Waals surface area contributed by atoms with Crippen LogP contribution in [0.25, 0.3) is 0 Å². The Bertz CT molecular complexity index is 241. The summed E-state index contributed by atoms with van der Waals surface area (Å²) in [5.74, 6) is 0. The van der Waals surface area contributed by atoms with Gasteiger partial charge >= 0.3 is 14.9 Å². The molecular formula is C11H25NO6Si. The van der Waals surface area contributed by atoms with E-state index in [1.165, 1.54) is 4.90 Å². The predicted octanol–water partition coefficient (Wildman–Crippen LogP) is 0.705. The van der Waals surface area contributed by atoms with Crippen molar-refractivity contribution in [2.24, 2.45) is 0 Å². The minimum atomic E-state index is -2.60. The number of nitrogens with zero attached hydrogens (tertiary/aromatic N) is 1. The van der Waals surface area contributed by atoms with Crippen molar-refractivity contribution in [2.75, 3.05) is 47.6 Å². The summed E-state index contributed by atoms with van der Waals surface area (Å²) in [6.07, 6.45) is 0.233. The second-order valence-electron chi connectivity index (χ2n) is 3.81. The number of ether oxygens (including phenoxy) is 1. The van der Waals surface area contributed by atoms with Gasteiger partial charge in [0.05, 0.1) is 13.2 Å². The second-order valence-corrected chi connectivity index (χ2v) is 6.90. The van der Waals surface area contributed by atoms with Crippen LogP contribution in [0.5, 0.6) is 0 Å². The highest BCUT2D eigenvalue weighted by Gasteiger charge is 2.37. The summed E-state index contributed by atoms with van der Waals surface area (Å²) in [4.78, 5) is 13.1. The van der Waals surface area contributed by atoms with Crippen molar-refractivity contribution in [3.63, 3.8) is 0 Å². The Morgan fingerprint density at radius 1 is 1.16 bits per heavy atom. The first-order chi connectivity index (χ1) is 9.09. The molecule has 0 aliphatic carbocycles. The van der Waals surface area contributed by atoms with Gasteiger partial charge in [0.1, 0.15) is 0 Å². The lowest BCUT2D eigenvalue weighted by molar-refractivity contribution is 0.0952. The second kappa shape index (κ2) is 10.2. The minimum absolute atomic E-state index is 0.0970. The molecule has 19 heavy (non-hydrogen) atoms. The summed E-state index contributed by atoms with van der Waals surface area (Å²) >= 11 is 0. The van der Waals surface area contributed by atoms with Crippen LogP contribution < -0.4 is 0 Å². The van der Waals surface area contributed by atoms with Crippen LogP contribution in [0.1, 0.15) is 13.3 Å². The molecule has 0 radical (unpaired) electrons. The van der Waals surface area contributed by atoms with Crippen LogP contribution >= 0.6 is 0 Å². The third-order valence-corrected chi connectivity index (χ3v) is 5.57. The lowest BCUT2D eigenvalue weighted by Gasteiger charge is -2.26. The van der Waals surface area contributed by atoms with E-state index in [0.717, 1.165) is 0 Å². The van der Waals surface area contributed by atoms with Crippen molar-refractivity contribution in [1.82, 2.24) is 4.90 Å². The number of carbonyl (C=O) groups excluding carboxylic acids is 1. The van der Waals surface area contributed by atoms with E-state index in [4.69, 9.17) is 23.1 Å². The van der Waals surface area contributed by atoms with Crippen molar-refractivity contribution in [1.29, 1.82) is 0 Å². The Labute approximate surface area is 115 Å². The van der Waals surface area contributed by atoms with Crippen molar-refractivity contribution in [3.05, 3.63) is 0 Å². The summed E-state index contributed by atoms with van der Waals surface area (Å²) in [7, 11) is 2.05. The standard InChI is InChI=1S/C11H25NO6Si/c1-5-18-11(14)12(8-9-13)7-6-10-19(15-2,16-3)17-4/h13H,5-10H2,1-4H3. The molecule has 0 unspecified atom stereocenters. The van der Waals surface area contributed by atoms with Crippen molar-refractivity contribution < 1.29 is 27.9 Å². The third-order valence-electron chi connectivity index (χ3n) is 2.74. The molecule has 0 saturated heterocycles. The van der Waals surface area contributed by atoms with E-state index in [2.05, 4.69) is 0 Å². The third kappa shape index (κ3) is 6.35. The van der Waals surface area contributed by atoms with Crippen LogP contribution in [0.2, 0.25) is 6.04 Å². The Kier molecular flexibility index (Phi) is 9.80. The van der Waals surface area contributed by atoms with Gasteiger partial charge in [0.15, 0.2) is 0 Å². The SMILES string of the molecule is CCOC(=O)N(CCO)CCC[Si](OC)(OC)OC. The van der Waals surface area contributed by atoms with Crippen molar-refractivity contribution >= 4 is 14.9 Å². The fraction of sp³-hybridized carbons (Fsp3) is 0.909. The number of hydrogen-bond acceptors (Lipinski definition) is 6. The zero-order valence-corrected chi connectivity index (χ0v) is 13.2. The first kappa shape index (κ1) is 18.3. The topological polar surface area (TPSA) is 77.5 Å². The number of amides is 1. The van der Waals surface area contributed by atoms with E-state index in [-0.39, 0.29) is 13.2 Å². The maximum absolute atomic E-state index is 11.6. The molecule has 0 rings (SSSR count). The Morgan fingerprint density at radius 3 is 2.16 bits per heavy atom. The van der Waals surface area contributed by atoms with E-state index >= 15 is 0 Å². The molecule has 0 heterocycles. The Balaban J connectivity index is 4.28. The average molecular weight is 295 g/mol. The van der Waals surface area contributed by atoms with Crippen LogP contribution in [0.15, 0.2) is 0 Å². The van der Waals surface area contributed by atoms with Crippen molar-refractivity contribution in [3.8, 4) is 0 Å². The summed E-state index contributed by atoms with van der Waals surface area (Å²) in [6, 6.07) is 0.595. The van der Waals surface area contributed by atoms with E-state index in [1.807, 2.05) is 0 Å². The minimum Gasteiger partial charge on any atom is -0.450 e. The molecule has 0 saturated carbocycles. The monoisotopic (exact) mass is 295 g/mol. The lowest BCUT2D eigenvalue weighted by Crippen LogP contribution is -2.44. The van der Waals surface area contributed by atoms with Gasteiger partial charge in [-0.2, -0.15) is 0 Å². The number of hydrogen-bond donors (Lipinski definition) is 1. The number of aliphatic hydroxyl groups is 1. The summed E-state index contributed by atoms with van der Waals surface area (Å²) < 4.78 is 20.8. The van der Waals surface area contributed by atoms with E-state index < -0.39 is 14.9 Å². The van der Waals surface area contributed by atoms with Crippen molar-refractivity contribution in [2.45, 2.75) is 19.4 Å². The van der Waals surface area contributed by atoms with Gasteiger partial charge in [-0.1, -0.05) is 0 Å². The first-order valence-corrected chi connectivity index (χ1v) is 8.20. The van der Waals surface area contributed by atoms with E-state index in [1.54, 1.807) is 28.3 Å². The average Bonchev–Trinajstić information content (AvgIpc) is 2.43. The molecule has 0 spiro atoms. The van der Waals surface area contributed by atoms with Gasteiger partial charge in [0.2, 0.25) is 0 Å². The van der Waals surface area contributed by atoms with Gasteiger partial charge in [0, 0.05) is 40.5 Å². The Morgan fingerprint density at radius 2 is 1.74 bits per heavy atom. The van der Waals surface area contributed by atoms with Gasteiger partial charge in [0.25, 0.3) is 0 Å². The largest absolute Gasteiger partial charge is 0.500 e. The molecule has 0 fully saturated rings. The predicted molar refractivity (Wildman–Crippen MR) is 71.9 cm³/mol. The smallest absolute Gasteiger partial charge is 0.450 e. The molecule has 0 aromatic carbocycles. The molecule has 0 aromatic heterocycles. The molecule has 0 aliphatic heterocycles. The van der Waals surface area contributed by atoms with Gasteiger partial charge in [-0.3, -0.25) is 0 Å². The van der Waals surface area contributed by atoms with Gasteiger partial charge in [-0.05, 0) is 13.3 Å². The van der Waals surface area contributed by atoms with Gasteiger partial charge < -0.3 is 28.0 Å². The molecule has 114 valence electrons. The quantitative estimate of drug-likeness (QED) is 0.598. The molecule has 0 bridgehead atoms. The summed E-state index contributed by atoms with van der Waals surface area (Å²) in [5.41, 5.74) is 0. The molecular weight excluding hydrogens is 270 g/mol.